The van der Waals surface area contributed by atoms with Crippen LogP contribution in [0.3, 0.4) is 0 Å². The zero-order valence-corrected chi connectivity index (χ0v) is 12.4. The van der Waals surface area contributed by atoms with Gasteiger partial charge in [0, 0.05) is 10.5 Å². The molecule has 0 radical (unpaired) electrons. The molecule has 1 aliphatic rings. The Kier molecular flexibility index (Phi) is 4.82. The first-order valence-corrected chi connectivity index (χ1v) is 7.39. The molecule has 0 aromatic heterocycles. The summed E-state index contributed by atoms with van der Waals surface area (Å²) in [7, 11) is 0. The first-order valence-electron chi connectivity index (χ1n) is 6.59. The van der Waals surface area contributed by atoms with E-state index in [9.17, 15) is 4.79 Å². The molecule has 4 nitrogen and oxygen atoms in total. The van der Waals surface area contributed by atoms with Crippen molar-refractivity contribution >= 4 is 21.8 Å². The number of carbonyl (C=O) groups is 1. The van der Waals surface area contributed by atoms with Crippen molar-refractivity contribution < 1.29 is 9.53 Å². The molecule has 1 saturated carbocycles. The van der Waals surface area contributed by atoms with Gasteiger partial charge in [0.25, 0.3) is 5.91 Å². The normalized spacial score (nSPS) is 23.7. The van der Waals surface area contributed by atoms with Crippen molar-refractivity contribution in [1.29, 1.82) is 0 Å². The number of amides is 1. The summed E-state index contributed by atoms with van der Waals surface area (Å²) in [4.78, 5) is 11.4. The monoisotopic (exact) mass is 326 g/mol. The third kappa shape index (κ3) is 3.70. The Morgan fingerprint density at radius 1 is 1.26 bits per heavy atom. The number of benzene rings is 1. The van der Waals surface area contributed by atoms with E-state index in [0.29, 0.717) is 11.3 Å². The summed E-state index contributed by atoms with van der Waals surface area (Å²) < 4.78 is 6.82. The largest absolute Gasteiger partial charge is 0.488 e. The van der Waals surface area contributed by atoms with E-state index in [1.807, 2.05) is 0 Å². The SMILES string of the molecule is NC(=O)c1ccc(Br)cc1OC1CCCCCC1N. The van der Waals surface area contributed by atoms with E-state index < -0.39 is 5.91 Å². The maximum absolute atomic E-state index is 11.4. The van der Waals surface area contributed by atoms with Crippen LogP contribution in [-0.4, -0.2) is 18.1 Å². The summed E-state index contributed by atoms with van der Waals surface area (Å²) in [5.41, 5.74) is 11.9. The van der Waals surface area contributed by atoms with Crippen LogP contribution in [0.1, 0.15) is 42.5 Å². The molecule has 0 saturated heterocycles. The average Bonchev–Trinajstić information content (AvgIpc) is 2.55. The average molecular weight is 327 g/mol. The number of primary amides is 1. The molecule has 19 heavy (non-hydrogen) atoms. The predicted molar refractivity (Wildman–Crippen MR) is 78.1 cm³/mol. The van der Waals surface area contributed by atoms with E-state index in [4.69, 9.17) is 16.2 Å². The van der Waals surface area contributed by atoms with Crippen molar-refractivity contribution in [3.63, 3.8) is 0 Å². The van der Waals surface area contributed by atoms with Gasteiger partial charge in [0.05, 0.1) is 5.56 Å². The Morgan fingerprint density at radius 2 is 2.00 bits per heavy atom. The third-order valence-corrected chi connectivity index (χ3v) is 3.98. The van der Waals surface area contributed by atoms with Gasteiger partial charge in [-0.05, 0) is 37.5 Å². The van der Waals surface area contributed by atoms with Crippen molar-refractivity contribution in [1.82, 2.24) is 0 Å². The minimum atomic E-state index is -0.482. The molecular formula is C14H19BrN2O2. The van der Waals surface area contributed by atoms with Crippen LogP contribution in [0.4, 0.5) is 0 Å². The lowest BCUT2D eigenvalue weighted by Gasteiger charge is -2.24. The van der Waals surface area contributed by atoms with Gasteiger partial charge in [0.1, 0.15) is 11.9 Å². The third-order valence-electron chi connectivity index (χ3n) is 3.49. The van der Waals surface area contributed by atoms with Crippen molar-refractivity contribution in [3.8, 4) is 5.75 Å². The van der Waals surface area contributed by atoms with Gasteiger partial charge in [-0.3, -0.25) is 4.79 Å². The number of hydrogen-bond acceptors (Lipinski definition) is 3. The summed E-state index contributed by atoms with van der Waals surface area (Å²) >= 11 is 3.38. The molecule has 0 aliphatic heterocycles. The van der Waals surface area contributed by atoms with Crippen LogP contribution in [0.2, 0.25) is 0 Å². The molecule has 1 aliphatic carbocycles. The molecule has 2 atom stereocenters. The molecule has 2 rings (SSSR count). The van der Waals surface area contributed by atoms with Crippen LogP contribution in [0.15, 0.2) is 22.7 Å². The second-order valence-corrected chi connectivity index (χ2v) is 5.88. The highest BCUT2D eigenvalue weighted by molar-refractivity contribution is 9.10. The lowest BCUT2D eigenvalue weighted by molar-refractivity contribution is 0.0989. The first kappa shape index (κ1) is 14.3. The standard InChI is InChI=1S/C14H19BrN2O2/c15-9-6-7-10(14(17)18)13(8-9)19-12-5-3-1-2-4-11(12)16/h6-8,11-12H,1-5,16H2,(H2,17,18). The van der Waals surface area contributed by atoms with Gasteiger partial charge in [0.2, 0.25) is 0 Å². The zero-order chi connectivity index (χ0) is 13.8. The molecule has 0 bridgehead atoms. The fraction of sp³-hybridized carbons (Fsp3) is 0.500. The minimum absolute atomic E-state index is 0.0159. The van der Waals surface area contributed by atoms with E-state index in [1.165, 1.54) is 6.42 Å². The fourth-order valence-corrected chi connectivity index (χ4v) is 2.75. The maximum atomic E-state index is 11.4. The quantitative estimate of drug-likeness (QED) is 0.838. The lowest BCUT2D eigenvalue weighted by Crippen LogP contribution is -2.38. The van der Waals surface area contributed by atoms with Gasteiger partial charge < -0.3 is 16.2 Å². The summed E-state index contributed by atoms with van der Waals surface area (Å²) in [5.74, 6) is 0.0360. The number of carbonyl (C=O) groups excluding carboxylic acids is 1. The molecule has 1 fully saturated rings. The Hall–Kier alpha value is -1.07. The number of rotatable bonds is 3. The summed E-state index contributed by atoms with van der Waals surface area (Å²) in [6, 6.07) is 5.24. The molecule has 1 amide bonds. The second-order valence-electron chi connectivity index (χ2n) is 4.96. The summed E-state index contributed by atoms with van der Waals surface area (Å²) in [6.07, 6.45) is 5.28. The fourth-order valence-electron chi connectivity index (χ4n) is 2.41. The maximum Gasteiger partial charge on any atom is 0.252 e. The van der Waals surface area contributed by atoms with Crippen LogP contribution in [0, 0.1) is 0 Å². The number of hydrogen-bond donors (Lipinski definition) is 2. The highest BCUT2D eigenvalue weighted by Gasteiger charge is 2.23. The van der Waals surface area contributed by atoms with E-state index in [2.05, 4.69) is 15.9 Å². The molecule has 104 valence electrons. The smallest absolute Gasteiger partial charge is 0.252 e. The van der Waals surface area contributed by atoms with E-state index in [0.717, 1.165) is 30.2 Å². The van der Waals surface area contributed by atoms with Gasteiger partial charge in [-0.1, -0.05) is 28.8 Å². The highest BCUT2D eigenvalue weighted by atomic mass is 79.9. The van der Waals surface area contributed by atoms with Crippen LogP contribution >= 0.6 is 15.9 Å². The summed E-state index contributed by atoms with van der Waals surface area (Å²) in [6.45, 7) is 0. The topological polar surface area (TPSA) is 78.3 Å². The predicted octanol–water partition coefficient (Wildman–Crippen LogP) is 2.59. The van der Waals surface area contributed by atoms with Gasteiger partial charge in [0.15, 0.2) is 0 Å². The van der Waals surface area contributed by atoms with Gasteiger partial charge >= 0.3 is 0 Å². The highest BCUT2D eigenvalue weighted by Crippen LogP contribution is 2.27. The molecule has 0 heterocycles. The molecule has 4 N–H and O–H groups in total. The van der Waals surface area contributed by atoms with Crippen LogP contribution in [0.25, 0.3) is 0 Å². The Labute approximate surface area is 121 Å². The Bertz CT molecular complexity index is 465. The van der Waals surface area contributed by atoms with Gasteiger partial charge in [-0.15, -0.1) is 0 Å². The van der Waals surface area contributed by atoms with Gasteiger partial charge in [-0.2, -0.15) is 0 Å². The van der Waals surface area contributed by atoms with Crippen molar-refractivity contribution in [2.45, 2.75) is 44.2 Å². The number of nitrogens with two attached hydrogens (primary N) is 2. The van der Waals surface area contributed by atoms with Gasteiger partial charge in [-0.25, -0.2) is 0 Å². The number of ether oxygens (including phenoxy) is 1. The first-order chi connectivity index (χ1) is 9.08. The van der Waals surface area contributed by atoms with Crippen molar-refractivity contribution in [2.75, 3.05) is 0 Å². The molecular weight excluding hydrogens is 308 g/mol. The summed E-state index contributed by atoms with van der Waals surface area (Å²) in [5, 5.41) is 0. The molecule has 2 unspecified atom stereocenters. The van der Waals surface area contributed by atoms with E-state index in [-0.39, 0.29) is 12.1 Å². The van der Waals surface area contributed by atoms with Crippen molar-refractivity contribution in [2.24, 2.45) is 11.5 Å². The lowest BCUT2D eigenvalue weighted by atomic mass is 10.1. The number of halogens is 1. The van der Waals surface area contributed by atoms with Crippen LogP contribution < -0.4 is 16.2 Å². The van der Waals surface area contributed by atoms with Crippen LogP contribution in [0.5, 0.6) is 5.75 Å². The molecule has 1 aromatic carbocycles. The Morgan fingerprint density at radius 3 is 2.74 bits per heavy atom. The van der Waals surface area contributed by atoms with E-state index >= 15 is 0 Å². The molecule has 5 heteroatoms. The zero-order valence-electron chi connectivity index (χ0n) is 10.8. The second kappa shape index (κ2) is 6.39. The molecule has 1 aromatic rings. The molecule has 0 spiro atoms. The van der Waals surface area contributed by atoms with E-state index in [1.54, 1.807) is 18.2 Å². The Balaban J connectivity index is 2.21. The van der Waals surface area contributed by atoms with Crippen molar-refractivity contribution in [3.05, 3.63) is 28.2 Å². The minimum Gasteiger partial charge on any atom is -0.488 e. The van der Waals surface area contributed by atoms with Crippen LogP contribution in [-0.2, 0) is 0 Å².